The maximum Gasteiger partial charge on any atom is 0.411 e. The molecule has 0 unspecified atom stereocenters. The fourth-order valence-corrected chi connectivity index (χ4v) is 2.95. The van der Waals surface area contributed by atoms with Crippen molar-refractivity contribution in [2.75, 3.05) is 17.7 Å². The van der Waals surface area contributed by atoms with Crippen LogP contribution < -0.4 is 10.1 Å². The van der Waals surface area contributed by atoms with Gasteiger partial charge >= 0.3 is 6.09 Å². The molecule has 7 heteroatoms. The van der Waals surface area contributed by atoms with E-state index in [1.54, 1.807) is 49.0 Å². The minimum atomic E-state index is -0.483. The molecule has 0 aromatic heterocycles. The van der Waals surface area contributed by atoms with Gasteiger partial charge in [0.2, 0.25) is 0 Å². The van der Waals surface area contributed by atoms with E-state index in [0.29, 0.717) is 33.8 Å². The zero-order valence-corrected chi connectivity index (χ0v) is 15.6. The third-order valence-corrected chi connectivity index (χ3v) is 4.54. The second-order valence-electron chi connectivity index (χ2n) is 4.62. The van der Waals surface area contributed by atoms with Gasteiger partial charge in [-0.25, -0.2) is 4.79 Å². The Bertz CT molecular complexity index is 725. The molecule has 24 heavy (non-hydrogen) atoms. The van der Waals surface area contributed by atoms with E-state index in [1.807, 2.05) is 13.0 Å². The number of hydrogen-bond donors (Lipinski definition) is 1. The summed E-state index contributed by atoms with van der Waals surface area (Å²) in [4.78, 5) is 12.4. The topological polar surface area (TPSA) is 47.6 Å². The van der Waals surface area contributed by atoms with Crippen LogP contribution in [0.1, 0.15) is 13.8 Å². The van der Waals surface area contributed by atoms with Crippen molar-refractivity contribution in [3.63, 3.8) is 0 Å². The van der Waals surface area contributed by atoms with E-state index < -0.39 is 6.09 Å². The number of carbonyl (C=O) groups excluding carboxylic acids is 1. The van der Waals surface area contributed by atoms with Crippen molar-refractivity contribution in [2.24, 2.45) is 0 Å². The highest BCUT2D eigenvalue weighted by Gasteiger charge is 2.10. The lowest BCUT2D eigenvalue weighted by molar-refractivity contribution is 0.168. The summed E-state index contributed by atoms with van der Waals surface area (Å²) in [6.07, 6.45) is -0.483. The second-order valence-corrected chi connectivity index (χ2v) is 6.74. The number of hydrogen-bond acceptors (Lipinski definition) is 4. The Balaban J connectivity index is 2.22. The summed E-state index contributed by atoms with van der Waals surface area (Å²) in [5, 5.41) is 3.58. The number of rotatable bonds is 6. The zero-order chi connectivity index (χ0) is 17.5. The number of anilines is 1. The van der Waals surface area contributed by atoms with Crippen LogP contribution in [0.15, 0.2) is 41.3 Å². The van der Waals surface area contributed by atoms with E-state index in [9.17, 15) is 4.79 Å². The lowest BCUT2D eigenvalue weighted by Gasteiger charge is -2.13. The predicted molar refractivity (Wildman–Crippen MR) is 100 cm³/mol. The molecule has 0 saturated carbocycles. The molecule has 0 radical (unpaired) electrons. The molecule has 1 amide bonds. The molecular weight excluding hydrogens is 369 g/mol. The van der Waals surface area contributed by atoms with Crippen molar-refractivity contribution in [3.8, 4) is 11.5 Å². The number of benzene rings is 2. The Hall–Kier alpha value is -1.56. The van der Waals surface area contributed by atoms with Crippen molar-refractivity contribution < 1.29 is 14.3 Å². The highest BCUT2D eigenvalue weighted by atomic mass is 35.5. The van der Waals surface area contributed by atoms with Crippen molar-refractivity contribution >= 4 is 46.7 Å². The average Bonchev–Trinajstić information content (AvgIpc) is 2.54. The summed E-state index contributed by atoms with van der Waals surface area (Å²) in [7, 11) is 0. The van der Waals surface area contributed by atoms with E-state index in [4.69, 9.17) is 32.7 Å². The number of ether oxygens (including phenoxy) is 2. The Morgan fingerprint density at radius 3 is 2.58 bits per heavy atom. The van der Waals surface area contributed by atoms with Gasteiger partial charge < -0.3 is 9.47 Å². The molecule has 4 nitrogen and oxygen atoms in total. The van der Waals surface area contributed by atoms with Gasteiger partial charge in [0.05, 0.1) is 21.5 Å². The maximum absolute atomic E-state index is 11.5. The van der Waals surface area contributed by atoms with Crippen molar-refractivity contribution in [3.05, 3.63) is 46.4 Å². The van der Waals surface area contributed by atoms with Crippen LogP contribution in [0.5, 0.6) is 11.5 Å². The first-order valence-corrected chi connectivity index (χ1v) is 9.11. The Labute approximate surface area is 155 Å². The molecule has 0 aliphatic carbocycles. The van der Waals surface area contributed by atoms with Gasteiger partial charge in [0.15, 0.2) is 0 Å². The molecule has 0 saturated heterocycles. The van der Waals surface area contributed by atoms with Crippen LogP contribution in [0.25, 0.3) is 0 Å². The zero-order valence-electron chi connectivity index (χ0n) is 13.3. The Morgan fingerprint density at radius 2 is 1.92 bits per heavy atom. The summed E-state index contributed by atoms with van der Waals surface area (Å²) in [5.41, 5.74) is 0.644. The van der Waals surface area contributed by atoms with Gasteiger partial charge in [0.1, 0.15) is 11.5 Å². The van der Waals surface area contributed by atoms with Crippen molar-refractivity contribution in [1.29, 1.82) is 0 Å². The summed E-state index contributed by atoms with van der Waals surface area (Å²) in [6.45, 7) is 4.12. The molecule has 128 valence electrons. The van der Waals surface area contributed by atoms with Crippen LogP contribution >= 0.6 is 35.0 Å². The minimum absolute atomic E-state index is 0.320. The molecule has 2 aromatic rings. The Morgan fingerprint density at radius 1 is 1.12 bits per heavy atom. The van der Waals surface area contributed by atoms with Crippen molar-refractivity contribution in [2.45, 2.75) is 18.7 Å². The molecule has 0 spiro atoms. The first-order chi connectivity index (χ1) is 11.5. The van der Waals surface area contributed by atoms with Gasteiger partial charge in [-0.05, 0) is 43.0 Å². The lowest BCUT2D eigenvalue weighted by atomic mass is 10.3. The fourth-order valence-electron chi connectivity index (χ4n) is 1.89. The number of carbonyl (C=O) groups is 1. The monoisotopic (exact) mass is 385 g/mol. The van der Waals surface area contributed by atoms with Crippen LogP contribution in [0.4, 0.5) is 10.5 Å². The minimum Gasteiger partial charge on any atom is -0.456 e. The predicted octanol–water partition coefficient (Wildman–Crippen LogP) is 6.47. The number of thioether (sulfide) groups is 1. The number of amides is 1. The Kier molecular flexibility index (Phi) is 7.09. The van der Waals surface area contributed by atoms with Gasteiger partial charge in [-0.1, -0.05) is 30.1 Å². The van der Waals surface area contributed by atoms with Crippen LogP contribution in [-0.4, -0.2) is 18.5 Å². The van der Waals surface area contributed by atoms with Gasteiger partial charge in [0, 0.05) is 11.8 Å². The van der Waals surface area contributed by atoms with E-state index in [-0.39, 0.29) is 0 Å². The fraction of sp³-hybridized carbons (Fsp3) is 0.235. The van der Waals surface area contributed by atoms with E-state index >= 15 is 0 Å². The van der Waals surface area contributed by atoms with E-state index in [0.717, 1.165) is 10.6 Å². The van der Waals surface area contributed by atoms with E-state index in [2.05, 4.69) is 5.32 Å². The third-order valence-electron chi connectivity index (χ3n) is 2.88. The van der Waals surface area contributed by atoms with Crippen LogP contribution in [-0.2, 0) is 4.74 Å². The number of nitrogens with one attached hydrogen (secondary N) is 1. The highest BCUT2D eigenvalue weighted by Crippen LogP contribution is 2.36. The van der Waals surface area contributed by atoms with Crippen LogP contribution in [0.3, 0.4) is 0 Å². The quantitative estimate of drug-likeness (QED) is 0.579. The molecule has 2 rings (SSSR count). The lowest BCUT2D eigenvalue weighted by Crippen LogP contribution is -2.13. The van der Waals surface area contributed by atoms with Gasteiger partial charge in [-0.3, -0.25) is 5.32 Å². The molecule has 0 aliphatic heterocycles. The first-order valence-electron chi connectivity index (χ1n) is 7.37. The third kappa shape index (κ3) is 5.23. The number of halogens is 2. The molecule has 2 aromatic carbocycles. The smallest absolute Gasteiger partial charge is 0.411 e. The average molecular weight is 386 g/mol. The molecule has 0 atom stereocenters. The molecular formula is C17H17Cl2NO3S. The molecule has 0 heterocycles. The molecule has 1 N–H and O–H groups in total. The summed E-state index contributed by atoms with van der Waals surface area (Å²) in [5.74, 6) is 2.13. The largest absolute Gasteiger partial charge is 0.456 e. The standard InChI is InChI=1S/C17H17Cl2NO3S/c1-3-22-17(21)20-11-5-8-15(16(9-11)24-4-2)23-12-6-7-13(18)14(19)10-12/h5-10H,3-4H2,1-2H3,(H,20,21). The summed E-state index contributed by atoms with van der Waals surface area (Å²) < 4.78 is 10.8. The summed E-state index contributed by atoms with van der Waals surface area (Å²) >= 11 is 13.5. The molecule has 0 bridgehead atoms. The molecule has 0 aliphatic rings. The van der Waals surface area contributed by atoms with Gasteiger partial charge in [-0.15, -0.1) is 11.8 Å². The van der Waals surface area contributed by atoms with Gasteiger partial charge in [-0.2, -0.15) is 0 Å². The summed E-state index contributed by atoms with van der Waals surface area (Å²) in [6, 6.07) is 10.5. The SMILES string of the molecule is CCOC(=O)Nc1ccc(Oc2ccc(Cl)c(Cl)c2)c(SCC)c1. The van der Waals surface area contributed by atoms with Crippen molar-refractivity contribution in [1.82, 2.24) is 0 Å². The second kappa shape index (κ2) is 9.06. The first kappa shape index (κ1) is 18.8. The maximum atomic E-state index is 11.5. The highest BCUT2D eigenvalue weighted by molar-refractivity contribution is 7.99. The van der Waals surface area contributed by atoms with E-state index in [1.165, 1.54) is 0 Å². The van der Waals surface area contributed by atoms with Gasteiger partial charge in [0.25, 0.3) is 0 Å². The normalized spacial score (nSPS) is 10.3. The van der Waals surface area contributed by atoms with Crippen LogP contribution in [0, 0.1) is 0 Å². The molecule has 0 fully saturated rings. The van der Waals surface area contributed by atoms with Crippen LogP contribution in [0.2, 0.25) is 10.0 Å².